The monoisotopic (exact) mass is 267 g/mol. The molecule has 0 spiro atoms. The minimum atomic E-state index is -0.774. The van der Waals surface area contributed by atoms with Gasteiger partial charge in [-0.1, -0.05) is 26.2 Å². The van der Waals surface area contributed by atoms with Gasteiger partial charge >= 0.3 is 5.97 Å². The molecule has 0 unspecified atom stereocenters. The van der Waals surface area contributed by atoms with Crippen molar-refractivity contribution in [1.82, 2.24) is 5.32 Å². The fourth-order valence-corrected chi connectivity index (χ4v) is 3.14. The highest BCUT2D eigenvalue weighted by atomic mass is 16.4. The maximum absolute atomic E-state index is 12.1. The second kappa shape index (κ2) is 5.51. The van der Waals surface area contributed by atoms with Gasteiger partial charge in [0, 0.05) is 13.0 Å². The normalized spacial score (nSPS) is 23.6. The van der Waals surface area contributed by atoms with Crippen molar-refractivity contribution in [3.8, 4) is 0 Å². The van der Waals surface area contributed by atoms with E-state index in [-0.39, 0.29) is 17.7 Å². The third kappa shape index (κ3) is 4.22. The van der Waals surface area contributed by atoms with Gasteiger partial charge < -0.3 is 10.4 Å². The zero-order chi connectivity index (χ0) is 13.9. The fraction of sp³-hybridized carbons (Fsp3) is 0.867. The Labute approximate surface area is 115 Å². The quantitative estimate of drug-likeness (QED) is 0.777. The first-order valence-electron chi connectivity index (χ1n) is 7.42. The lowest BCUT2D eigenvalue weighted by molar-refractivity contribution is -0.141. The molecule has 4 heteroatoms. The molecule has 2 rings (SSSR count). The predicted molar refractivity (Wildman–Crippen MR) is 72.7 cm³/mol. The summed E-state index contributed by atoms with van der Waals surface area (Å²) < 4.78 is 0. The molecule has 0 atom stereocenters. The van der Waals surface area contributed by atoms with Crippen LogP contribution in [0.4, 0.5) is 0 Å². The van der Waals surface area contributed by atoms with Crippen molar-refractivity contribution in [2.24, 2.45) is 10.8 Å². The summed E-state index contributed by atoms with van der Waals surface area (Å²) in [5.41, 5.74) is 0.0147. The standard InChI is InChI=1S/C15H25NO3/c1-14(7-8-14)11-16-12(17)9-15(10-13(18)19)5-3-2-4-6-15/h2-11H2,1H3,(H,16,17)(H,18,19). The number of aliphatic carboxylic acids is 1. The molecule has 0 aromatic rings. The lowest BCUT2D eigenvalue weighted by atomic mass is 9.69. The van der Waals surface area contributed by atoms with Gasteiger partial charge in [0.15, 0.2) is 0 Å². The van der Waals surface area contributed by atoms with E-state index in [1.807, 2.05) is 0 Å². The van der Waals surface area contributed by atoms with Crippen LogP contribution in [0.5, 0.6) is 0 Å². The summed E-state index contributed by atoms with van der Waals surface area (Å²) in [5, 5.41) is 12.1. The van der Waals surface area contributed by atoms with Gasteiger partial charge in [-0.3, -0.25) is 9.59 Å². The molecule has 0 aromatic carbocycles. The Bertz CT molecular complexity index is 354. The number of carbonyl (C=O) groups is 2. The van der Waals surface area contributed by atoms with Crippen molar-refractivity contribution in [3.63, 3.8) is 0 Å². The molecule has 0 heterocycles. The number of rotatable bonds is 6. The van der Waals surface area contributed by atoms with Crippen LogP contribution in [0.1, 0.15) is 64.7 Å². The van der Waals surface area contributed by atoms with E-state index in [0.29, 0.717) is 11.8 Å². The Morgan fingerprint density at radius 1 is 1.05 bits per heavy atom. The van der Waals surface area contributed by atoms with Crippen LogP contribution < -0.4 is 5.32 Å². The van der Waals surface area contributed by atoms with Crippen LogP contribution in [0.2, 0.25) is 0 Å². The van der Waals surface area contributed by atoms with Gasteiger partial charge in [-0.15, -0.1) is 0 Å². The summed E-state index contributed by atoms with van der Waals surface area (Å²) >= 11 is 0. The molecule has 2 aliphatic rings. The Morgan fingerprint density at radius 3 is 2.21 bits per heavy atom. The summed E-state index contributed by atoms with van der Waals surface area (Å²) in [6, 6.07) is 0. The maximum atomic E-state index is 12.1. The molecule has 1 amide bonds. The molecule has 0 aromatic heterocycles. The Morgan fingerprint density at radius 2 is 1.68 bits per heavy atom. The van der Waals surface area contributed by atoms with E-state index < -0.39 is 5.97 Å². The molecule has 0 aliphatic heterocycles. The van der Waals surface area contributed by atoms with Crippen LogP contribution in [0.3, 0.4) is 0 Å². The van der Waals surface area contributed by atoms with E-state index in [1.54, 1.807) is 0 Å². The average Bonchev–Trinajstić information content (AvgIpc) is 3.05. The summed E-state index contributed by atoms with van der Waals surface area (Å²) in [6.07, 6.45) is 7.93. The largest absolute Gasteiger partial charge is 0.481 e. The number of hydrogen-bond donors (Lipinski definition) is 2. The van der Waals surface area contributed by atoms with E-state index in [9.17, 15) is 9.59 Å². The van der Waals surface area contributed by atoms with E-state index in [2.05, 4.69) is 12.2 Å². The van der Waals surface area contributed by atoms with Crippen LogP contribution in [-0.2, 0) is 9.59 Å². The molecule has 108 valence electrons. The summed E-state index contributed by atoms with van der Waals surface area (Å²) in [4.78, 5) is 23.1. The minimum absolute atomic E-state index is 0.0382. The summed E-state index contributed by atoms with van der Waals surface area (Å²) in [5.74, 6) is -0.736. The van der Waals surface area contributed by atoms with Crippen molar-refractivity contribution >= 4 is 11.9 Å². The third-order valence-corrected chi connectivity index (χ3v) is 4.79. The highest BCUT2D eigenvalue weighted by Gasteiger charge is 2.39. The van der Waals surface area contributed by atoms with Gasteiger partial charge in [-0.2, -0.15) is 0 Å². The average molecular weight is 267 g/mol. The maximum Gasteiger partial charge on any atom is 0.303 e. The van der Waals surface area contributed by atoms with Crippen molar-refractivity contribution < 1.29 is 14.7 Å². The van der Waals surface area contributed by atoms with Crippen LogP contribution in [0, 0.1) is 10.8 Å². The van der Waals surface area contributed by atoms with Gasteiger partial charge in [0.25, 0.3) is 0 Å². The smallest absolute Gasteiger partial charge is 0.303 e. The molecule has 2 saturated carbocycles. The van der Waals surface area contributed by atoms with Gasteiger partial charge in [0.1, 0.15) is 0 Å². The summed E-state index contributed by atoms with van der Waals surface area (Å²) in [7, 11) is 0. The van der Waals surface area contributed by atoms with Gasteiger partial charge in [-0.05, 0) is 36.5 Å². The second-order valence-electron chi connectivity index (χ2n) is 6.90. The van der Waals surface area contributed by atoms with Crippen LogP contribution in [0.15, 0.2) is 0 Å². The van der Waals surface area contributed by atoms with Crippen LogP contribution in [-0.4, -0.2) is 23.5 Å². The van der Waals surface area contributed by atoms with E-state index in [0.717, 1.165) is 32.2 Å². The SMILES string of the molecule is CC1(CNC(=O)CC2(CC(=O)O)CCCCC2)CC1. The predicted octanol–water partition coefficient (Wildman–Crippen LogP) is 2.72. The van der Waals surface area contributed by atoms with Crippen molar-refractivity contribution in [3.05, 3.63) is 0 Å². The van der Waals surface area contributed by atoms with Crippen LogP contribution in [0.25, 0.3) is 0 Å². The zero-order valence-electron chi connectivity index (χ0n) is 11.8. The number of hydrogen-bond acceptors (Lipinski definition) is 2. The Hall–Kier alpha value is -1.06. The molecule has 0 saturated heterocycles. The zero-order valence-corrected chi connectivity index (χ0v) is 11.8. The second-order valence-corrected chi connectivity index (χ2v) is 6.90. The highest BCUT2D eigenvalue weighted by Crippen LogP contribution is 2.45. The summed E-state index contributed by atoms with van der Waals surface area (Å²) in [6.45, 7) is 2.93. The molecule has 2 aliphatic carbocycles. The minimum Gasteiger partial charge on any atom is -0.481 e. The number of carboxylic acids is 1. The molecular formula is C15H25NO3. The van der Waals surface area contributed by atoms with Gasteiger partial charge in [0.2, 0.25) is 5.91 Å². The fourth-order valence-electron chi connectivity index (χ4n) is 3.14. The van der Waals surface area contributed by atoms with Gasteiger partial charge in [0.05, 0.1) is 6.42 Å². The highest BCUT2D eigenvalue weighted by molar-refractivity contribution is 5.78. The number of nitrogens with one attached hydrogen (secondary N) is 1. The first-order chi connectivity index (χ1) is 8.93. The molecular weight excluding hydrogens is 242 g/mol. The first-order valence-corrected chi connectivity index (χ1v) is 7.42. The number of carbonyl (C=O) groups excluding carboxylic acids is 1. The molecule has 2 fully saturated rings. The Balaban J connectivity index is 1.87. The molecule has 19 heavy (non-hydrogen) atoms. The Kier molecular flexibility index (Phi) is 4.16. The molecule has 0 radical (unpaired) electrons. The number of amides is 1. The van der Waals surface area contributed by atoms with Crippen LogP contribution >= 0.6 is 0 Å². The van der Waals surface area contributed by atoms with Crippen molar-refractivity contribution in [2.75, 3.05) is 6.54 Å². The number of carboxylic acid groups (broad SMARTS) is 1. The van der Waals surface area contributed by atoms with Gasteiger partial charge in [-0.25, -0.2) is 0 Å². The first kappa shape index (κ1) is 14.4. The third-order valence-electron chi connectivity index (χ3n) is 4.79. The van der Waals surface area contributed by atoms with E-state index in [4.69, 9.17) is 5.11 Å². The molecule has 2 N–H and O–H groups in total. The topological polar surface area (TPSA) is 66.4 Å². The van der Waals surface area contributed by atoms with Crippen molar-refractivity contribution in [1.29, 1.82) is 0 Å². The van der Waals surface area contributed by atoms with E-state index >= 15 is 0 Å². The lowest BCUT2D eigenvalue weighted by Gasteiger charge is -2.35. The lowest BCUT2D eigenvalue weighted by Crippen LogP contribution is -2.37. The van der Waals surface area contributed by atoms with E-state index in [1.165, 1.54) is 19.3 Å². The van der Waals surface area contributed by atoms with Crippen molar-refractivity contribution in [2.45, 2.75) is 64.7 Å². The molecule has 0 bridgehead atoms. The molecule has 4 nitrogen and oxygen atoms in total.